The molecule has 0 bridgehead atoms. The molecule has 20 heteroatoms. The van der Waals surface area contributed by atoms with Crippen LogP contribution in [-0.2, 0) is 25.4 Å². The summed E-state index contributed by atoms with van der Waals surface area (Å²) in [7, 11) is 0. The first-order chi connectivity index (χ1) is 27.8. The van der Waals surface area contributed by atoms with Crippen LogP contribution in [0, 0.1) is 17.2 Å². The maximum absolute atomic E-state index is 14.3. The fourth-order valence-corrected chi connectivity index (χ4v) is 9.08. The Kier molecular flexibility index (Phi) is 12.9. The topological polar surface area (TPSA) is 154 Å². The van der Waals surface area contributed by atoms with E-state index in [1.807, 2.05) is 0 Å². The molecule has 59 heavy (non-hydrogen) atoms. The van der Waals surface area contributed by atoms with E-state index in [4.69, 9.17) is 17.5 Å². The van der Waals surface area contributed by atoms with E-state index in [-0.39, 0.29) is 48.2 Å². The lowest BCUT2D eigenvalue weighted by atomic mass is 9.82. The van der Waals surface area contributed by atoms with Gasteiger partial charge < -0.3 is 20.4 Å². The molecular formula is C39H45F6N9O4S. The molecule has 4 fully saturated rings. The second-order valence-corrected chi connectivity index (χ2v) is 16.3. The Balaban J connectivity index is 0.971. The third kappa shape index (κ3) is 9.95. The standard InChI is InChI=1S/C39H45F6N9O4S/c1-37(2)35(58)53(27-18-28(38(40,41)42)30(19-46)47-20-27)36(59)54(37)26-10-8-23(9-11-26)5-4-14-51-15-16-52(31(21-51)39(43,44)45)22-33(56)49-25-7-3-6-24(17-25)48-29-12-13-32(55)50-34(29)57/h3,6-7,17-18,20,23,26,29,31,48H,4-5,8-16,21-22H2,1-2H3,(H,49,56)(H,50,55,57). The minimum atomic E-state index is -4.86. The molecule has 13 nitrogen and oxygen atoms in total. The number of rotatable bonds is 11. The van der Waals surface area contributed by atoms with Gasteiger partial charge in [-0.05, 0) is 108 Å². The van der Waals surface area contributed by atoms with Crippen molar-refractivity contribution in [2.45, 2.75) is 101 Å². The Morgan fingerprint density at radius 2 is 1.75 bits per heavy atom. The number of benzene rings is 1. The summed E-state index contributed by atoms with van der Waals surface area (Å²) in [5.74, 6) is -1.65. The number of carbonyl (C=O) groups is 4. The zero-order valence-corrected chi connectivity index (χ0v) is 33.3. The Morgan fingerprint density at radius 1 is 1.03 bits per heavy atom. The first-order valence-electron chi connectivity index (χ1n) is 19.4. The van der Waals surface area contributed by atoms with Gasteiger partial charge in [-0.2, -0.15) is 31.6 Å². The fourth-order valence-electron chi connectivity index (χ4n) is 8.51. The van der Waals surface area contributed by atoms with Gasteiger partial charge in [-0.3, -0.25) is 34.3 Å². The van der Waals surface area contributed by atoms with Crippen LogP contribution in [-0.4, -0.2) is 111 Å². The zero-order valence-electron chi connectivity index (χ0n) is 32.5. The molecule has 2 atom stereocenters. The van der Waals surface area contributed by atoms with Gasteiger partial charge in [0.2, 0.25) is 17.7 Å². The summed E-state index contributed by atoms with van der Waals surface area (Å²) in [4.78, 5) is 59.5. The maximum atomic E-state index is 14.3. The molecular weight excluding hydrogens is 805 g/mol. The fraction of sp³-hybridized carbons (Fsp3) is 0.564. The van der Waals surface area contributed by atoms with E-state index in [1.165, 1.54) is 6.07 Å². The lowest BCUT2D eigenvalue weighted by Gasteiger charge is -2.42. The predicted molar refractivity (Wildman–Crippen MR) is 208 cm³/mol. The highest BCUT2D eigenvalue weighted by Gasteiger charge is 2.53. The number of aromatic nitrogens is 1. The second kappa shape index (κ2) is 17.4. The van der Waals surface area contributed by atoms with Crippen molar-refractivity contribution in [2.24, 2.45) is 5.92 Å². The highest BCUT2D eigenvalue weighted by molar-refractivity contribution is 7.80. The van der Waals surface area contributed by atoms with Crippen LogP contribution in [0.2, 0.25) is 0 Å². The Hall–Kier alpha value is -4.87. The van der Waals surface area contributed by atoms with Gasteiger partial charge in [-0.1, -0.05) is 6.07 Å². The lowest BCUT2D eigenvalue weighted by molar-refractivity contribution is -0.197. The number of nitrogens with one attached hydrogen (secondary N) is 3. The van der Waals surface area contributed by atoms with Crippen molar-refractivity contribution in [1.82, 2.24) is 25.0 Å². The zero-order chi connectivity index (χ0) is 42.9. The van der Waals surface area contributed by atoms with E-state index < -0.39 is 65.5 Å². The summed E-state index contributed by atoms with van der Waals surface area (Å²) in [6.07, 6.45) is -3.61. The SMILES string of the molecule is CC1(C)C(=O)N(c2cnc(C#N)c(C(F)(F)F)c2)C(=S)N1C1CCC(CCCN2CCN(CC(=O)Nc3cccc(NC4CCC(=O)NC4=O)c3)C(C(F)(F)F)C2)CC1. The highest BCUT2D eigenvalue weighted by Crippen LogP contribution is 2.41. The molecule has 4 heterocycles. The number of nitrogens with zero attached hydrogens (tertiary/aromatic N) is 6. The van der Waals surface area contributed by atoms with Crippen molar-refractivity contribution in [1.29, 1.82) is 5.26 Å². The summed E-state index contributed by atoms with van der Waals surface area (Å²) >= 11 is 5.68. The molecule has 1 aromatic carbocycles. The van der Waals surface area contributed by atoms with Crippen LogP contribution in [0.4, 0.5) is 43.4 Å². The third-order valence-electron chi connectivity index (χ3n) is 11.6. The number of pyridine rings is 1. The summed E-state index contributed by atoms with van der Waals surface area (Å²) in [6.45, 7) is 3.43. The van der Waals surface area contributed by atoms with Gasteiger partial charge in [0.1, 0.15) is 23.7 Å². The van der Waals surface area contributed by atoms with E-state index in [9.17, 15) is 45.5 Å². The van der Waals surface area contributed by atoms with Crippen LogP contribution < -0.4 is 20.9 Å². The molecule has 3 aliphatic heterocycles. The number of imide groups is 1. The first-order valence-corrected chi connectivity index (χ1v) is 19.9. The van der Waals surface area contributed by atoms with Crippen molar-refractivity contribution in [3.63, 3.8) is 0 Å². The van der Waals surface area contributed by atoms with Gasteiger partial charge in [0.05, 0.1) is 24.0 Å². The summed E-state index contributed by atoms with van der Waals surface area (Å²) < 4.78 is 84.0. The number of hydrogen-bond donors (Lipinski definition) is 3. The predicted octanol–water partition coefficient (Wildman–Crippen LogP) is 5.43. The molecule has 4 amide bonds. The average Bonchev–Trinajstić information content (AvgIpc) is 3.34. The first kappa shape index (κ1) is 43.7. The molecule has 3 saturated heterocycles. The van der Waals surface area contributed by atoms with Gasteiger partial charge in [-0.25, -0.2) is 4.98 Å². The highest BCUT2D eigenvalue weighted by atomic mass is 32.1. The molecule has 6 rings (SSSR count). The number of piperazine rings is 1. The van der Waals surface area contributed by atoms with Crippen LogP contribution in [0.5, 0.6) is 0 Å². The van der Waals surface area contributed by atoms with E-state index in [2.05, 4.69) is 20.9 Å². The molecule has 2 unspecified atom stereocenters. The number of hydrogen-bond acceptors (Lipinski definition) is 10. The summed E-state index contributed by atoms with van der Waals surface area (Å²) in [5.41, 5.74) is -2.54. The van der Waals surface area contributed by atoms with Crippen LogP contribution in [0.3, 0.4) is 0 Å². The van der Waals surface area contributed by atoms with E-state index >= 15 is 0 Å². The number of alkyl halides is 6. The van der Waals surface area contributed by atoms with Gasteiger partial charge >= 0.3 is 12.4 Å². The Morgan fingerprint density at radius 3 is 2.41 bits per heavy atom. The third-order valence-corrected chi connectivity index (χ3v) is 11.9. The molecule has 318 valence electrons. The van der Waals surface area contributed by atoms with Gasteiger partial charge in [-0.15, -0.1) is 0 Å². The maximum Gasteiger partial charge on any atom is 0.419 e. The van der Waals surface area contributed by atoms with Crippen LogP contribution >= 0.6 is 12.2 Å². The van der Waals surface area contributed by atoms with Gasteiger partial charge in [0.25, 0.3) is 5.91 Å². The monoisotopic (exact) mass is 849 g/mol. The van der Waals surface area contributed by atoms with Crippen molar-refractivity contribution in [3.05, 3.63) is 47.8 Å². The van der Waals surface area contributed by atoms with Crippen LogP contribution in [0.1, 0.15) is 76.5 Å². The number of halogens is 6. The molecule has 1 aromatic heterocycles. The number of thiocarbonyl (C=S) groups is 1. The number of carbonyl (C=O) groups excluding carboxylic acids is 4. The average molecular weight is 850 g/mol. The van der Waals surface area contributed by atoms with Crippen LogP contribution in [0.15, 0.2) is 36.5 Å². The van der Waals surface area contributed by atoms with Crippen molar-refractivity contribution in [2.75, 3.05) is 48.3 Å². The lowest BCUT2D eigenvalue weighted by Crippen LogP contribution is -2.60. The van der Waals surface area contributed by atoms with E-state index in [1.54, 1.807) is 47.9 Å². The Labute approximate surface area is 342 Å². The molecule has 3 N–H and O–H groups in total. The molecule has 4 aliphatic rings. The number of anilines is 3. The normalized spacial score (nSPS) is 24.5. The summed E-state index contributed by atoms with van der Waals surface area (Å²) in [5, 5.41) is 17.1. The smallest absolute Gasteiger partial charge is 0.374 e. The number of piperidine rings is 1. The molecule has 2 aromatic rings. The summed E-state index contributed by atoms with van der Waals surface area (Å²) in [6, 6.07) is 5.97. The van der Waals surface area contributed by atoms with Crippen molar-refractivity contribution < 1.29 is 45.5 Å². The molecule has 1 aliphatic carbocycles. The van der Waals surface area contributed by atoms with Gasteiger partial charge in [0.15, 0.2) is 10.8 Å². The van der Waals surface area contributed by atoms with E-state index in [0.29, 0.717) is 56.2 Å². The van der Waals surface area contributed by atoms with E-state index in [0.717, 1.165) is 35.3 Å². The number of nitriles is 1. The molecule has 0 spiro atoms. The quantitative estimate of drug-likeness (QED) is 0.151. The largest absolute Gasteiger partial charge is 0.419 e. The molecule has 0 radical (unpaired) electrons. The Bertz CT molecular complexity index is 2000. The van der Waals surface area contributed by atoms with Gasteiger partial charge in [0, 0.05) is 43.5 Å². The minimum absolute atomic E-state index is 0.0388. The minimum Gasteiger partial charge on any atom is -0.374 e. The number of amides is 4. The van der Waals surface area contributed by atoms with Crippen molar-refractivity contribution in [3.8, 4) is 6.07 Å². The van der Waals surface area contributed by atoms with Crippen LogP contribution in [0.25, 0.3) is 0 Å². The second-order valence-electron chi connectivity index (χ2n) is 16.0. The molecule has 1 saturated carbocycles. The van der Waals surface area contributed by atoms with Crippen molar-refractivity contribution >= 4 is 58.0 Å².